The lowest BCUT2D eigenvalue weighted by Gasteiger charge is -2.20. The van der Waals surface area contributed by atoms with Gasteiger partial charge in [-0.3, -0.25) is 4.79 Å². The van der Waals surface area contributed by atoms with Gasteiger partial charge in [0.2, 0.25) is 5.89 Å². The molecule has 0 atom stereocenters. The number of amides is 2. The van der Waals surface area contributed by atoms with Crippen LogP contribution in [0.4, 0.5) is 4.79 Å². The minimum absolute atomic E-state index is 0.0332. The van der Waals surface area contributed by atoms with E-state index in [1.165, 1.54) is 18.3 Å². The third kappa shape index (κ3) is 5.97. The standard InChI is InChI=1S/C14H21N3O6/c1-4-6-17(14(20)15-7-12(18)22-5-2)8-11-16-10(9-23-11)13(19)21-3/h9H,4-8H2,1-3H3,(H,15,20). The second-order valence-electron chi connectivity index (χ2n) is 4.50. The molecule has 9 heteroatoms. The zero-order valence-corrected chi connectivity index (χ0v) is 13.5. The van der Waals surface area contributed by atoms with Gasteiger partial charge in [-0.1, -0.05) is 6.92 Å². The average molecular weight is 327 g/mol. The minimum atomic E-state index is -0.617. The molecule has 0 bridgehead atoms. The Balaban J connectivity index is 2.63. The molecular formula is C14H21N3O6. The average Bonchev–Trinajstić information content (AvgIpc) is 3.00. The van der Waals surface area contributed by atoms with E-state index < -0.39 is 18.0 Å². The van der Waals surface area contributed by atoms with Crippen molar-refractivity contribution in [1.29, 1.82) is 0 Å². The Bertz CT molecular complexity index is 542. The third-order valence-corrected chi connectivity index (χ3v) is 2.74. The number of hydrogen-bond acceptors (Lipinski definition) is 7. The van der Waals surface area contributed by atoms with Crippen LogP contribution in [0.15, 0.2) is 10.7 Å². The summed E-state index contributed by atoms with van der Waals surface area (Å²) in [5, 5.41) is 2.46. The summed E-state index contributed by atoms with van der Waals surface area (Å²) in [6.07, 6.45) is 1.87. The Labute approximate surface area is 133 Å². The van der Waals surface area contributed by atoms with E-state index in [-0.39, 0.29) is 31.3 Å². The molecule has 128 valence electrons. The molecule has 0 aliphatic heterocycles. The van der Waals surface area contributed by atoms with Crippen molar-refractivity contribution < 1.29 is 28.3 Å². The number of urea groups is 1. The van der Waals surface area contributed by atoms with Gasteiger partial charge in [0, 0.05) is 6.54 Å². The summed E-state index contributed by atoms with van der Waals surface area (Å²) in [4.78, 5) is 40.0. The first-order valence-corrected chi connectivity index (χ1v) is 7.22. The van der Waals surface area contributed by atoms with Gasteiger partial charge in [-0.15, -0.1) is 0 Å². The molecule has 0 aliphatic carbocycles. The van der Waals surface area contributed by atoms with Crippen LogP contribution in [0.1, 0.15) is 36.6 Å². The molecule has 1 N–H and O–H groups in total. The summed E-state index contributed by atoms with van der Waals surface area (Å²) in [6.45, 7) is 4.13. The van der Waals surface area contributed by atoms with Crippen molar-refractivity contribution in [2.75, 3.05) is 26.8 Å². The Hall–Kier alpha value is -2.58. The maximum atomic E-state index is 12.1. The summed E-state index contributed by atoms with van der Waals surface area (Å²) < 4.78 is 14.4. The van der Waals surface area contributed by atoms with Gasteiger partial charge in [0.25, 0.3) is 0 Å². The Morgan fingerprint density at radius 1 is 1.35 bits per heavy atom. The number of oxazole rings is 1. The van der Waals surface area contributed by atoms with Crippen LogP contribution in [0.25, 0.3) is 0 Å². The molecule has 0 aromatic carbocycles. The summed E-state index contributed by atoms with van der Waals surface area (Å²) >= 11 is 0. The molecule has 1 aromatic heterocycles. The van der Waals surface area contributed by atoms with E-state index in [2.05, 4.69) is 15.0 Å². The predicted molar refractivity (Wildman–Crippen MR) is 78.6 cm³/mol. The minimum Gasteiger partial charge on any atom is -0.465 e. The van der Waals surface area contributed by atoms with Crippen LogP contribution in [-0.4, -0.2) is 54.7 Å². The second kappa shape index (κ2) is 9.44. The zero-order valence-electron chi connectivity index (χ0n) is 13.5. The fourth-order valence-electron chi connectivity index (χ4n) is 1.74. The van der Waals surface area contributed by atoms with E-state index >= 15 is 0 Å². The lowest BCUT2D eigenvalue weighted by molar-refractivity contribution is -0.141. The lowest BCUT2D eigenvalue weighted by Crippen LogP contribution is -2.42. The van der Waals surface area contributed by atoms with Crippen LogP contribution < -0.4 is 5.32 Å². The molecule has 2 amide bonds. The van der Waals surface area contributed by atoms with Crippen molar-refractivity contribution >= 4 is 18.0 Å². The number of carbonyl (C=O) groups excluding carboxylic acids is 3. The summed E-state index contributed by atoms with van der Waals surface area (Å²) in [5.41, 5.74) is 0.0332. The highest BCUT2D eigenvalue weighted by molar-refractivity contribution is 5.86. The van der Waals surface area contributed by atoms with Gasteiger partial charge < -0.3 is 24.1 Å². The number of esters is 2. The van der Waals surface area contributed by atoms with E-state index in [9.17, 15) is 14.4 Å². The van der Waals surface area contributed by atoms with E-state index in [0.29, 0.717) is 13.0 Å². The van der Waals surface area contributed by atoms with Crippen LogP contribution in [0, 0.1) is 0 Å². The molecule has 0 spiro atoms. The maximum absolute atomic E-state index is 12.1. The van der Waals surface area contributed by atoms with Gasteiger partial charge in [0.05, 0.1) is 20.3 Å². The lowest BCUT2D eigenvalue weighted by atomic mass is 10.4. The van der Waals surface area contributed by atoms with Crippen molar-refractivity contribution in [2.24, 2.45) is 0 Å². The molecule has 0 saturated heterocycles. The van der Waals surface area contributed by atoms with Crippen LogP contribution in [-0.2, 0) is 20.8 Å². The molecule has 0 saturated carbocycles. The molecule has 0 aliphatic rings. The topological polar surface area (TPSA) is 111 Å². The third-order valence-electron chi connectivity index (χ3n) is 2.74. The first-order chi connectivity index (χ1) is 11.0. The normalized spacial score (nSPS) is 10.0. The maximum Gasteiger partial charge on any atom is 0.360 e. The smallest absolute Gasteiger partial charge is 0.360 e. The van der Waals surface area contributed by atoms with Crippen LogP contribution in [0.5, 0.6) is 0 Å². The van der Waals surface area contributed by atoms with Gasteiger partial charge >= 0.3 is 18.0 Å². The van der Waals surface area contributed by atoms with Crippen LogP contribution >= 0.6 is 0 Å². The predicted octanol–water partition coefficient (Wildman–Crippen LogP) is 0.946. The molecule has 0 radical (unpaired) electrons. The van der Waals surface area contributed by atoms with E-state index in [1.54, 1.807) is 6.92 Å². The highest BCUT2D eigenvalue weighted by Crippen LogP contribution is 2.07. The molecule has 1 heterocycles. The van der Waals surface area contributed by atoms with Crippen LogP contribution in [0.2, 0.25) is 0 Å². The molecule has 9 nitrogen and oxygen atoms in total. The van der Waals surface area contributed by atoms with Gasteiger partial charge in [-0.05, 0) is 13.3 Å². The van der Waals surface area contributed by atoms with E-state index in [4.69, 9.17) is 9.15 Å². The number of carbonyl (C=O) groups is 3. The molecule has 0 fully saturated rings. The fraction of sp³-hybridized carbons (Fsp3) is 0.571. The number of methoxy groups -OCH3 is 1. The number of nitrogens with one attached hydrogen (secondary N) is 1. The highest BCUT2D eigenvalue weighted by atomic mass is 16.5. The number of hydrogen-bond donors (Lipinski definition) is 1. The summed E-state index contributed by atoms with van der Waals surface area (Å²) in [6, 6.07) is -0.447. The van der Waals surface area contributed by atoms with Gasteiger partial charge in [0.15, 0.2) is 5.69 Å². The fourth-order valence-corrected chi connectivity index (χ4v) is 1.74. The first kappa shape index (κ1) is 18.5. The number of rotatable bonds is 8. The van der Waals surface area contributed by atoms with Crippen molar-refractivity contribution in [1.82, 2.24) is 15.2 Å². The van der Waals surface area contributed by atoms with Crippen molar-refractivity contribution in [3.05, 3.63) is 17.8 Å². The number of nitrogens with zero attached hydrogens (tertiary/aromatic N) is 2. The molecule has 0 unspecified atom stereocenters. The largest absolute Gasteiger partial charge is 0.465 e. The van der Waals surface area contributed by atoms with E-state index in [1.807, 2.05) is 6.92 Å². The van der Waals surface area contributed by atoms with Crippen molar-refractivity contribution in [2.45, 2.75) is 26.8 Å². The van der Waals surface area contributed by atoms with Gasteiger partial charge in [-0.25, -0.2) is 14.6 Å². The number of ether oxygens (including phenoxy) is 2. The Morgan fingerprint density at radius 2 is 2.09 bits per heavy atom. The highest BCUT2D eigenvalue weighted by Gasteiger charge is 2.19. The second-order valence-corrected chi connectivity index (χ2v) is 4.50. The quantitative estimate of drug-likeness (QED) is 0.707. The van der Waals surface area contributed by atoms with Gasteiger partial charge in [0.1, 0.15) is 12.8 Å². The van der Waals surface area contributed by atoms with Crippen molar-refractivity contribution in [3.8, 4) is 0 Å². The SMILES string of the molecule is CCCN(Cc1nc(C(=O)OC)co1)C(=O)NCC(=O)OCC. The van der Waals surface area contributed by atoms with Crippen molar-refractivity contribution in [3.63, 3.8) is 0 Å². The van der Waals surface area contributed by atoms with Crippen LogP contribution in [0.3, 0.4) is 0 Å². The number of aromatic nitrogens is 1. The van der Waals surface area contributed by atoms with E-state index in [0.717, 1.165) is 0 Å². The molecular weight excluding hydrogens is 306 g/mol. The summed E-state index contributed by atoms with van der Waals surface area (Å²) in [7, 11) is 1.24. The molecule has 1 rings (SSSR count). The van der Waals surface area contributed by atoms with Gasteiger partial charge in [-0.2, -0.15) is 0 Å². The molecule has 23 heavy (non-hydrogen) atoms. The monoisotopic (exact) mass is 327 g/mol. The summed E-state index contributed by atoms with van der Waals surface area (Å²) in [5.74, 6) is -0.930. The first-order valence-electron chi connectivity index (χ1n) is 7.22. The molecule has 1 aromatic rings. The Morgan fingerprint density at radius 3 is 2.70 bits per heavy atom. The Kier molecular flexibility index (Phi) is 7.58. The zero-order chi connectivity index (χ0) is 17.2.